The molecular weight excluding hydrogens is 1760 g/mol. The van der Waals surface area contributed by atoms with Gasteiger partial charge in [-0.1, -0.05) is 0 Å². The molecule has 0 aliphatic carbocycles. The van der Waals surface area contributed by atoms with Crippen LogP contribution in [0.5, 0.6) is 178 Å². The van der Waals surface area contributed by atoms with E-state index in [0.717, 1.165) is 121 Å². The number of hydrogen-bond acceptors (Lipinski definition) is 43. The molecule has 0 atom stereocenters. The van der Waals surface area contributed by atoms with Crippen LogP contribution < -0.4 is 45.4 Å². The van der Waals surface area contributed by atoms with Gasteiger partial charge in [-0.05, 0) is 127 Å². The smallest absolute Gasteiger partial charge is 0.344 e. The first-order chi connectivity index (χ1) is 62.4. The summed E-state index contributed by atoms with van der Waals surface area (Å²) >= 11 is 0. The molecule has 0 radical (unpaired) electrons. The lowest BCUT2D eigenvalue weighted by Crippen LogP contribution is -2.16. The summed E-state index contributed by atoms with van der Waals surface area (Å²) in [5, 5.41) is 251. The summed E-state index contributed by atoms with van der Waals surface area (Å²) < 4.78 is 48.4. The molecule has 132 heavy (non-hydrogen) atoms. The standard InChI is InChI=1S/C23H16O10.C22H14O12.C22H14O11.C22H14O10/c1-31-13-4-2-10(3-5-13)21-22(20(29)18-14(25)8-12(24)9-17(18)32-21)33-23(30)11-6-15(26)19(28)16(27)7-11;23-9-5-10(24)16-15(6-9)33-20(7-1-11(25)17(29)12(26)2-7)21(19(16)31)34-22(32)8-3-13(27)18(30)14(28)4-8;23-10-6-13(26)17-16(7-10)32-20(8-1-2-11(24)12(25)3-8)21(19(17)30)33-22(31)9-4-14(27)18(29)15(28)5-9;23-11-3-1-9(2-4-11)20-21(19(29)17-13(25)7-12(24)8-16(17)31-20)32-22(30)10-5-14(26)18(28)15(27)6-10/h2-9,24-28H,1H3;1-6,23-30H;1-7,23-29H;1-8,23-28H. The van der Waals surface area contributed by atoms with Crippen LogP contribution in [0.25, 0.3) is 89.2 Å². The predicted octanol–water partition coefficient (Wildman–Crippen LogP) is 11.1. The summed E-state index contributed by atoms with van der Waals surface area (Å²) in [5.74, 6) is -26.6. The molecule has 0 spiro atoms. The highest BCUT2D eigenvalue weighted by atomic mass is 16.6. The molecule has 0 bridgehead atoms. The van der Waals surface area contributed by atoms with Crippen LogP contribution in [-0.2, 0) is 0 Å². The minimum Gasteiger partial charge on any atom is -0.508 e. The summed E-state index contributed by atoms with van der Waals surface area (Å²) in [6.45, 7) is 0. The van der Waals surface area contributed by atoms with Gasteiger partial charge in [0.1, 0.15) is 101 Å². The quantitative estimate of drug-likeness (QED) is 0.0376. The van der Waals surface area contributed by atoms with Crippen molar-refractivity contribution in [1.82, 2.24) is 0 Å². The Bertz CT molecular complexity index is 7640. The highest BCUT2D eigenvalue weighted by Gasteiger charge is 2.32. The van der Waals surface area contributed by atoms with Gasteiger partial charge < -0.3 is 174 Å². The minimum atomic E-state index is -1.32. The molecule has 0 aliphatic rings. The lowest BCUT2D eigenvalue weighted by Gasteiger charge is -2.13. The van der Waals surface area contributed by atoms with Crippen molar-refractivity contribution in [2.45, 2.75) is 0 Å². The van der Waals surface area contributed by atoms with Crippen LogP contribution in [0.3, 0.4) is 0 Å². The van der Waals surface area contributed by atoms with Gasteiger partial charge in [-0.15, -0.1) is 0 Å². The molecule has 0 unspecified atom stereocenters. The second-order valence-electron chi connectivity index (χ2n) is 27.6. The van der Waals surface area contributed by atoms with Crippen LogP contribution in [0.2, 0.25) is 0 Å². The number of fused-ring (bicyclic) bond motifs is 4. The number of phenols is 26. The Morgan fingerprint density at radius 3 is 0.689 bits per heavy atom. The largest absolute Gasteiger partial charge is 0.508 e. The van der Waals surface area contributed by atoms with E-state index >= 15 is 0 Å². The highest BCUT2D eigenvalue weighted by Crippen LogP contribution is 2.48. The Balaban J connectivity index is 0.000000150. The molecule has 0 fully saturated rings. The molecule has 4 aromatic heterocycles. The maximum Gasteiger partial charge on any atom is 0.344 e. The predicted molar refractivity (Wildman–Crippen MR) is 447 cm³/mol. The van der Waals surface area contributed by atoms with Gasteiger partial charge in [-0.2, -0.15) is 0 Å². The van der Waals surface area contributed by atoms with Gasteiger partial charge in [0.25, 0.3) is 0 Å². The van der Waals surface area contributed by atoms with Crippen LogP contribution in [0, 0.1) is 0 Å². The first-order valence-corrected chi connectivity index (χ1v) is 36.6. The van der Waals surface area contributed by atoms with Gasteiger partial charge in [0.15, 0.2) is 121 Å². The molecular formula is C89H58O43. The third-order valence-corrected chi connectivity index (χ3v) is 18.7. The first-order valence-electron chi connectivity index (χ1n) is 36.6. The van der Waals surface area contributed by atoms with Crippen LogP contribution in [0.4, 0.5) is 0 Å². The Hall–Kier alpha value is -20.0. The van der Waals surface area contributed by atoms with E-state index in [2.05, 4.69) is 0 Å². The molecule has 12 aromatic carbocycles. The van der Waals surface area contributed by atoms with E-state index < -0.39 is 240 Å². The van der Waals surface area contributed by atoms with Crippen LogP contribution in [-0.4, -0.2) is 164 Å². The minimum absolute atomic E-state index is 0.0219. The number of esters is 4. The lowest BCUT2D eigenvalue weighted by molar-refractivity contribution is 0.0721. The summed E-state index contributed by atoms with van der Waals surface area (Å²) in [7, 11) is 1.46. The van der Waals surface area contributed by atoms with Crippen molar-refractivity contribution in [2.24, 2.45) is 0 Å². The molecule has 43 heteroatoms. The van der Waals surface area contributed by atoms with Crippen molar-refractivity contribution in [3.63, 3.8) is 0 Å². The first kappa shape index (κ1) is 89.7. The molecule has 16 aromatic rings. The molecule has 0 saturated carbocycles. The fraction of sp³-hybridized carbons (Fsp3) is 0.0112. The summed E-state index contributed by atoms with van der Waals surface area (Å²) in [6.07, 6.45) is 0. The zero-order valence-corrected chi connectivity index (χ0v) is 65.8. The van der Waals surface area contributed by atoms with Crippen molar-refractivity contribution < 1.29 is 193 Å². The third-order valence-electron chi connectivity index (χ3n) is 18.7. The van der Waals surface area contributed by atoms with Crippen molar-refractivity contribution in [1.29, 1.82) is 0 Å². The molecule has 0 saturated heterocycles. The number of methoxy groups -OCH3 is 1. The van der Waals surface area contributed by atoms with Gasteiger partial charge in [-0.3, -0.25) is 19.2 Å². The Labute approximate surface area is 727 Å². The Morgan fingerprint density at radius 1 is 0.220 bits per heavy atom. The van der Waals surface area contributed by atoms with Gasteiger partial charge in [0.05, 0.1) is 29.4 Å². The maximum atomic E-state index is 13.2. The average molecular weight is 1820 g/mol. The molecule has 16 rings (SSSR count). The molecule has 0 amide bonds. The number of benzene rings is 12. The monoisotopic (exact) mass is 1810 g/mol. The topological polar surface area (TPSA) is 761 Å². The number of hydrogen-bond donors (Lipinski definition) is 26. The van der Waals surface area contributed by atoms with E-state index in [-0.39, 0.29) is 84.1 Å². The molecule has 4 heterocycles. The number of phenolic OH excluding ortho intramolecular Hbond substituents is 26. The third kappa shape index (κ3) is 17.8. The fourth-order valence-electron chi connectivity index (χ4n) is 12.5. The van der Waals surface area contributed by atoms with E-state index in [4.69, 9.17) is 41.4 Å². The molecule has 43 nitrogen and oxygen atoms in total. The summed E-state index contributed by atoms with van der Waals surface area (Å²) in [5.41, 5.74) is -6.49. The summed E-state index contributed by atoms with van der Waals surface area (Å²) in [6, 6.07) is 30.7. The van der Waals surface area contributed by atoms with Crippen LogP contribution in [0.15, 0.2) is 213 Å². The second kappa shape index (κ2) is 35.3. The number of ether oxygens (including phenoxy) is 5. The zero-order chi connectivity index (χ0) is 95.9. The van der Waals surface area contributed by atoms with Crippen LogP contribution in [0.1, 0.15) is 41.4 Å². The van der Waals surface area contributed by atoms with Crippen molar-refractivity contribution in [2.75, 3.05) is 7.11 Å². The Kier molecular flexibility index (Phi) is 24.0. The number of aromatic hydroxyl groups is 26. The van der Waals surface area contributed by atoms with E-state index in [1.165, 1.54) is 49.6 Å². The SMILES string of the molecule is COc1ccc(-c2oc3cc(O)cc(O)c3c(=O)c2OC(=O)c2cc(O)c(O)c(O)c2)cc1.O=C(Oc1c(-c2cc(O)c(O)c(O)c2)oc2cc(O)cc(O)c2c1=O)c1cc(O)c(O)c(O)c1.O=C(Oc1c(-c2ccc(O)c(O)c2)oc2cc(O)cc(O)c2c1=O)c1cc(O)c(O)c(O)c1.O=C(Oc1c(-c2ccc(O)cc2)oc2cc(O)cc(O)c2c1=O)c1cc(O)c(O)c(O)c1. The summed E-state index contributed by atoms with van der Waals surface area (Å²) in [4.78, 5) is 103. The fourth-order valence-corrected chi connectivity index (χ4v) is 12.5. The molecule has 672 valence electrons. The number of carbonyl (C=O) groups excluding carboxylic acids is 4. The van der Waals surface area contributed by atoms with Crippen molar-refractivity contribution in [3.05, 3.63) is 239 Å². The number of rotatable bonds is 13. The highest BCUT2D eigenvalue weighted by molar-refractivity contribution is 6.00. The van der Waals surface area contributed by atoms with Crippen molar-refractivity contribution >= 4 is 67.8 Å². The Morgan fingerprint density at radius 2 is 0.439 bits per heavy atom. The van der Waals surface area contributed by atoms with Gasteiger partial charge >= 0.3 is 23.9 Å². The molecule has 0 aliphatic heterocycles. The average Bonchev–Trinajstić information content (AvgIpc) is 0.766. The van der Waals surface area contributed by atoms with E-state index in [0.29, 0.717) is 11.3 Å². The van der Waals surface area contributed by atoms with Gasteiger partial charge in [-0.25, -0.2) is 19.2 Å². The van der Waals surface area contributed by atoms with E-state index in [9.17, 15) is 171 Å². The van der Waals surface area contributed by atoms with Gasteiger partial charge in [0, 0.05) is 70.8 Å². The lowest BCUT2D eigenvalue weighted by atomic mass is 10.1. The number of carbonyl (C=O) groups is 4. The molecule has 26 N–H and O–H groups in total. The zero-order valence-electron chi connectivity index (χ0n) is 65.8. The van der Waals surface area contributed by atoms with Crippen molar-refractivity contribution in [3.8, 4) is 224 Å². The van der Waals surface area contributed by atoms with E-state index in [1.54, 1.807) is 12.1 Å². The maximum absolute atomic E-state index is 13.2. The second-order valence-corrected chi connectivity index (χ2v) is 27.6. The van der Waals surface area contributed by atoms with Crippen LogP contribution >= 0.6 is 0 Å². The van der Waals surface area contributed by atoms with E-state index in [1.807, 2.05) is 0 Å². The normalized spacial score (nSPS) is 10.9. The van der Waals surface area contributed by atoms with Gasteiger partial charge in [0.2, 0.25) is 44.7 Å².